The van der Waals surface area contributed by atoms with Crippen molar-refractivity contribution in [3.05, 3.63) is 29.8 Å². The number of nitrogens with two attached hydrogens (primary N) is 1. The summed E-state index contributed by atoms with van der Waals surface area (Å²) in [6.07, 6.45) is 2.30. The minimum absolute atomic E-state index is 0.142. The molecule has 17 heavy (non-hydrogen) atoms. The minimum atomic E-state index is 0.142. The number of nitrogens with zero attached hydrogens (tertiary/aromatic N) is 2. The molecule has 0 aliphatic heterocycles. The summed E-state index contributed by atoms with van der Waals surface area (Å²) in [7, 11) is 2.06. The standard InChI is InChI=1S/C13H21N3O/c1-4-6-10(2)16(3)12-8-5-7-11(9-12)13(14)15-17/h5,7-10,17H,4,6H2,1-3H3,(H2,14,15). The Morgan fingerprint density at radius 3 is 2.82 bits per heavy atom. The van der Waals surface area contributed by atoms with E-state index in [1.165, 1.54) is 0 Å². The molecule has 4 heteroatoms. The summed E-state index contributed by atoms with van der Waals surface area (Å²) < 4.78 is 0. The molecule has 3 N–H and O–H groups in total. The van der Waals surface area contributed by atoms with E-state index in [0.29, 0.717) is 6.04 Å². The van der Waals surface area contributed by atoms with Crippen molar-refractivity contribution in [1.82, 2.24) is 0 Å². The molecule has 1 aromatic carbocycles. The van der Waals surface area contributed by atoms with E-state index in [1.807, 2.05) is 24.3 Å². The summed E-state index contributed by atoms with van der Waals surface area (Å²) in [6, 6.07) is 8.18. The molecule has 0 radical (unpaired) electrons. The van der Waals surface area contributed by atoms with Crippen LogP contribution in [0.3, 0.4) is 0 Å². The van der Waals surface area contributed by atoms with Gasteiger partial charge in [0, 0.05) is 24.3 Å². The Balaban J connectivity index is 2.91. The van der Waals surface area contributed by atoms with Crippen molar-refractivity contribution in [2.75, 3.05) is 11.9 Å². The van der Waals surface area contributed by atoms with Gasteiger partial charge in [0.25, 0.3) is 0 Å². The summed E-state index contributed by atoms with van der Waals surface area (Å²) in [5, 5.41) is 11.7. The van der Waals surface area contributed by atoms with Crippen LogP contribution in [0.2, 0.25) is 0 Å². The minimum Gasteiger partial charge on any atom is -0.409 e. The molecule has 0 heterocycles. The van der Waals surface area contributed by atoms with E-state index in [9.17, 15) is 0 Å². The number of amidine groups is 1. The molecule has 1 rings (SSSR count). The van der Waals surface area contributed by atoms with Gasteiger partial charge in [-0.05, 0) is 25.5 Å². The second kappa shape index (κ2) is 6.13. The van der Waals surface area contributed by atoms with Gasteiger partial charge in [0.2, 0.25) is 0 Å². The first-order valence-electron chi connectivity index (χ1n) is 5.91. The van der Waals surface area contributed by atoms with E-state index in [4.69, 9.17) is 10.9 Å². The van der Waals surface area contributed by atoms with Gasteiger partial charge in [-0.15, -0.1) is 0 Å². The van der Waals surface area contributed by atoms with Crippen molar-refractivity contribution >= 4 is 11.5 Å². The van der Waals surface area contributed by atoms with Crippen LogP contribution in [-0.4, -0.2) is 24.1 Å². The number of hydrogen-bond donors (Lipinski definition) is 2. The maximum Gasteiger partial charge on any atom is 0.170 e. The van der Waals surface area contributed by atoms with E-state index in [0.717, 1.165) is 24.1 Å². The van der Waals surface area contributed by atoms with Gasteiger partial charge in [-0.2, -0.15) is 0 Å². The molecule has 0 spiro atoms. The van der Waals surface area contributed by atoms with Crippen LogP contribution in [0, 0.1) is 0 Å². The molecule has 0 aliphatic rings. The quantitative estimate of drug-likeness (QED) is 0.356. The molecule has 1 unspecified atom stereocenters. The zero-order chi connectivity index (χ0) is 12.8. The molecule has 1 aromatic rings. The zero-order valence-corrected chi connectivity index (χ0v) is 10.7. The molecule has 0 saturated heterocycles. The molecule has 0 aliphatic carbocycles. The van der Waals surface area contributed by atoms with E-state index in [1.54, 1.807) is 0 Å². The summed E-state index contributed by atoms with van der Waals surface area (Å²) in [5.74, 6) is 0.142. The molecule has 0 bridgehead atoms. The molecular weight excluding hydrogens is 214 g/mol. The summed E-state index contributed by atoms with van der Waals surface area (Å²) in [4.78, 5) is 2.21. The van der Waals surface area contributed by atoms with Crippen molar-refractivity contribution in [3.63, 3.8) is 0 Å². The van der Waals surface area contributed by atoms with Gasteiger partial charge in [0.1, 0.15) is 0 Å². The third-order valence-corrected chi connectivity index (χ3v) is 3.02. The first-order valence-corrected chi connectivity index (χ1v) is 5.91. The SMILES string of the molecule is CCCC(C)N(C)c1cccc(/C(N)=N/O)c1. The van der Waals surface area contributed by atoms with Crippen LogP contribution in [0.25, 0.3) is 0 Å². The Morgan fingerprint density at radius 2 is 2.24 bits per heavy atom. The van der Waals surface area contributed by atoms with E-state index < -0.39 is 0 Å². The fourth-order valence-electron chi connectivity index (χ4n) is 1.81. The Morgan fingerprint density at radius 1 is 1.53 bits per heavy atom. The fraction of sp³-hybridized carbons (Fsp3) is 0.462. The maximum atomic E-state index is 8.66. The van der Waals surface area contributed by atoms with Crippen molar-refractivity contribution in [2.24, 2.45) is 10.9 Å². The van der Waals surface area contributed by atoms with Crippen molar-refractivity contribution in [1.29, 1.82) is 0 Å². The lowest BCUT2D eigenvalue weighted by Crippen LogP contribution is -2.28. The normalized spacial score (nSPS) is 13.5. The lowest BCUT2D eigenvalue weighted by molar-refractivity contribution is 0.318. The average Bonchev–Trinajstić information content (AvgIpc) is 2.37. The highest BCUT2D eigenvalue weighted by Crippen LogP contribution is 2.18. The van der Waals surface area contributed by atoms with E-state index >= 15 is 0 Å². The Hall–Kier alpha value is -1.71. The number of oxime groups is 1. The monoisotopic (exact) mass is 235 g/mol. The van der Waals surface area contributed by atoms with Crippen LogP contribution in [0.15, 0.2) is 29.4 Å². The predicted molar refractivity (Wildman–Crippen MR) is 71.7 cm³/mol. The fourth-order valence-corrected chi connectivity index (χ4v) is 1.81. The molecular formula is C13H21N3O. The Bertz CT molecular complexity index is 390. The van der Waals surface area contributed by atoms with Crippen LogP contribution < -0.4 is 10.6 Å². The molecule has 4 nitrogen and oxygen atoms in total. The van der Waals surface area contributed by atoms with E-state index in [2.05, 4.69) is 31.0 Å². The second-order valence-corrected chi connectivity index (χ2v) is 4.28. The first kappa shape index (κ1) is 13.4. The van der Waals surface area contributed by atoms with Crippen LogP contribution in [-0.2, 0) is 0 Å². The number of anilines is 1. The van der Waals surface area contributed by atoms with E-state index in [-0.39, 0.29) is 5.84 Å². The summed E-state index contributed by atoms with van der Waals surface area (Å²) in [6.45, 7) is 4.37. The van der Waals surface area contributed by atoms with Crippen molar-refractivity contribution < 1.29 is 5.21 Å². The van der Waals surface area contributed by atoms with Crippen molar-refractivity contribution in [2.45, 2.75) is 32.7 Å². The number of hydrogen-bond acceptors (Lipinski definition) is 3. The molecule has 1 atom stereocenters. The number of benzene rings is 1. The van der Waals surface area contributed by atoms with Crippen molar-refractivity contribution in [3.8, 4) is 0 Å². The molecule has 0 fully saturated rings. The zero-order valence-electron chi connectivity index (χ0n) is 10.7. The number of rotatable bonds is 5. The summed E-state index contributed by atoms with van der Waals surface area (Å²) >= 11 is 0. The summed E-state index contributed by atoms with van der Waals surface area (Å²) in [5.41, 5.74) is 7.39. The van der Waals surface area contributed by atoms with Gasteiger partial charge >= 0.3 is 0 Å². The van der Waals surface area contributed by atoms with Crippen LogP contribution >= 0.6 is 0 Å². The van der Waals surface area contributed by atoms with Crippen LogP contribution in [0.5, 0.6) is 0 Å². The van der Waals surface area contributed by atoms with Gasteiger partial charge in [-0.1, -0.05) is 30.6 Å². The second-order valence-electron chi connectivity index (χ2n) is 4.28. The topological polar surface area (TPSA) is 61.8 Å². The Labute approximate surface area is 103 Å². The third-order valence-electron chi connectivity index (χ3n) is 3.02. The Kier molecular flexibility index (Phi) is 4.82. The van der Waals surface area contributed by atoms with Gasteiger partial charge in [0.15, 0.2) is 5.84 Å². The third kappa shape index (κ3) is 3.37. The predicted octanol–water partition coefficient (Wildman–Crippen LogP) is 2.41. The average molecular weight is 235 g/mol. The van der Waals surface area contributed by atoms with Gasteiger partial charge in [-0.25, -0.2) is 0 Å². The highest BCUT2D eigenvalue weighted by Gasteiger charge is 2.10. The van der Waals surface area contributed by atoms with Crippen LogP contribution in [0.4, 0.5) is 5.69 Å². The molecule has 94 valence electrons. The van der Waals surface area contributed by atoms with Gasteiger partial charge < -0.3 is 15.8 Å². The highest BCUT2D eigenvalue weighted by atomic mass is 16.4. The lowest BCUT2D eigenvalue weighted by atomic mass is 10.1. The molecule has 0 amide bonds. The highest BCUT2D eigenvalue weighted by molar-refractivity contribution is 5.97. The van der Waals surface area contributed by atoms with Crippen LogP contribution in [0.1, 0.15) is 32.3 Å². The first-order chi connectivity index (χ1) is 8.10. The largest absolute Gasteiger partial charge is 0.409 e. The smallest absolute Gasteiger partial charge is 0.170 e. The maximum absolute atomic E-state index is 8.66. The van der Waals surface area contributed by atoms with Gasteiger partial charge in [0.05, 0.1) is 0 Å². The molecule has 0 aromatic heterocycles. The lowest BCUT2D eigenvalue weighted by Gasteiger charge is -2.27. The van der Waals surface area contributed by atoms with Gasteiger partial charge in [-0.3, -0.25) is 0 Å². The molecule has 0 saturated carbocycles.